The maximum Gasteiger partial charge on any atom is 0.184 e. The zero-order chi connectivity index (χ0) is 16.2. The van der Waals surface area contributed by atoms with E-state index >= 15 is 0 Å². The number of benzene rings is 2. The molecule has 1 heterocycles. The lowest BCUT2D eigenvalue weighted by Crippen LogP contribution is -2.13. The molecule has 1 N–H and O–H groups in total. The van der Waals surface area contributed by atoms with E-state index in [2.05, 4.69) is 26.2 Å². The molecule has 1 aromatic heterocycles. The number of halogens is 2. The molecule has 0 bridgehead atoms. The predicted octanol–water partition coefficient (Wildman–Crippen LogP) is 5.33. The second kappa shape index (κ2) is 8.60. The zero-order valence-electron chi connectivity index (χ0n) is 12.9. The van der Waals surface area contributed by atoms with Gasteiger partial charge in [-0.2, -0.15) is 0 Å². The number of nitrogens with one attached hydrogen (secondary N) is 1. The molecule has 0 saturated carbocycles. The first-order chi connectivity index (χ1) is 11.2. The SMILES string of the molecule is Br.CCOc1cccc2sc(NCC(=O)c3cccc(Br)c3)nc12. The Labute approximate surface area is 163 Å². The van der Waals surface area contributed by atoms with Crippen molar-refractivity contribution >= 4 is 65.4 Å². The molecule has 4 nitrogen and oxygen atoms in total. The van der Waals surface area contributed by atoms with Crippen LogP contribution in [0.5, 0.6) is 5.75 Å². The van der Waals surface area contributed by atoms with Crippen molar-refractivity contribution in [1.82, 2.24) is 4.98 Å². The van der Waals surface area contributed by atoms with Crippen molar-refractivity contribution in [3.05, 3.63) is 52.5 Å². The molecule has 0 aliphatic rings. The molecule has 24 heavy (non-hydrogen) atoms. The number of aromatic nitrogens is 1. The fraction of sp³-hybridized carbons (Fsp3) is 0.176. The summed E-state index contributed by atoms with van der Waals surface area (Å²) in [5, 5.41) is 3.83. The average molecular weight is 472 g/mol. The third kappa shape index (κ3) is 4.34. The Balaban J connectivity index is 0.00000208. The number of nitrogens with zero attached hydrogens (tertiary/aromatic N) is 1. The molecule has 2 aromatic carbocycles. The standard InChI is InChI=1S/C17H15BrN2O2S.BrH/c1-2-22-14-7-4-8-15-16(14)20-17(23-15)19-10-13(21)11-5-3-6-12(18)9-11;/h3-9H,2,10H2,1H3,(H,19,20);1H. The van der Waals surface area contributed by atoms with Gasteiger partial charge in [-0.05, 0) is 31.2 Å². The van der Waals surface area contributed by atoms with Crippen molar-refractivity contribution in [2.45, 2.75) is 6.92 Å². The van der Waals surface area contributed by atoms with Crippen molar-refractivity contribution in [1.29, 1.82) is 0 Å². The molecule has 0 spiro atoms. The van der Waals surface area contributed by atoms with E-state index in [-0.39, 0.29) is 29.3 Å². The molecule has 0 fully saturated rings. The molecule has 7 heteroatoms. The number of ether oxygens (including phenoxy) is 1. The number of rotatable bonds is 6. The molecule has 3 aromatic rings. The Morgan fingerprint density at radius 1 is 1.29 bits per heavy atom. The molecular weight excluding hydrogens is 456 g/mol. The highest BCUT2D eigenvalue weighted by molar-refractivity contribution is 9.10. The van der Waals surface area contributed by atoms with Crippen molar-refractivity contribution in [3.8, 4) is 5.75 Å². The number of ketones is 1. The smallest absolute Gasteiger partial charge is 0.184 e. The van der Waals surface area contributed by atoms with Gasteiger partial charge in [-0.15, -0.1) is 17.0 Å². The predicted molar refractivity (Wildman–Crippen MR) is 108 cm³/mol. The Kier molecular flexibility index (Phi) is 6.77. The van der Waals surface area contributed by atoms with Gasteiger partial charge >= 0.3 is 0 Å². The first-order valence-electron chi connectivity index (χ1n) is 7.22. The fourth-order valence-electron chi connectivity index (χ4n) is 2.19. The Bertz CT molecular complexity index is 851. The monoisotopic (exact) mass is 470 g/mol. The number of fused-ring (bicyclic) bond motifs is 1. The molecule has 0 atom stereocenters. The molecule has 126 valence electrons. The van der Waals surface area contributed by atoms with Gasteiger partial charge in [0.2, 0.25) is 0 Å². The van der Waals surface area contributed by atoms with Gasteiger partial charge in [0, 0.05) is 10.0 Å². The van der Waals surface area contributed by atoms with Gasteiger partial charge in [-0.3, -0.25) is 4.79 Å². The summed E-state index contributed by atoms with van der Waals surface area (Å²) in [4.78, 5) is 16.8. The lowest BCUT2D eigenvalue weighted by atomic mass is 10.1. The van der Waals surface area contributed by atoms with Gasteiger partial charge in [-0.1, -0.05) is 45.5 Å². The summed E-state index contributed by atoms with van der Waals surface area (Å²) in [6.45, 7) is 2.75. The Morgan fingerprint density at radius 2 is 2.08 bits per heavy atom. The summed E-state index contributed by atoms with van der Waals surface area (Å²) in [5.74, 6) is 0.795. The number of para-hydroxylation sites is 1. The fourth-order valence-corrected chi connectivity index (χ4v) is 3.47. The second-order valence-corrected chi connectivity index (χ2v) is 6.79. The van der Waals surface area contributed by atoms with Crippen molar-refractivity contribution in [2.24, 2.45) is 0 Å². The maximum absolute atomic E-state index is 12.2. The van der Waals surface area contributed by atoms with E-state index < -0.39 is 0 Å². The first-order valence-corrected chi connectivity index (χ1v) is 8.83. The highest BCUT2D eigenvalue weighted by atomic mass is 79.9. The lowest BCUT2D eigenvalue weighted by molar-refractivity contribution is 0.101. The first kappa shape index (κ1) is 18.9. The highest BCUT2D eigenvalue weighted by Crippen LogP contribution is 2.32. The van der Waals surface area contributed by atoms with Crippen LogP contribution in [0.1, 0.15) is 17.3 Å². The molecule has 0 amide bonds. The summed E-state index contributed by atoms with van der Waals surface area (Å²) < 4.78 is 7.51. The largest absolute Gasteiger partial charge is 0.492 e. The minimum atomic E-state index is 0. The number of hydrogen-bond acceptors (Lipinski definition) is 5. The Hall–Kier alpha value is -1.44. The third-order valence-corrected chi connectivity index (χ3v) is 4.70. The summed E-state index contributed by atoms with van der Waals surface area (Å²) in [5.41, 5.74) is 1.50. The number of hydrogen-bond donors (Lipinski definition) is 1. The van der Waals surface area contributed by atoms with Crippen LogP contribution in [0, 0.1) is 0 Å². The minimum absolute atomic E-state index is 0. The number of thiazole rings is 1. The normalized spacial score (nSPS) is 10.2. The molecule has 0 saturated heterocycles. The molecule has 0 radical (unpaired) electrons. The van der Waals surface area contributed by atoms with E-state index in [0.29, 0.717) is 12.2 Å². The van der Waals surface area contributed by atoms with E-state index in [1.807, 2.05) is 43.3 Å². The Morgan fingerprint density at radius 3 is 2.83 bits per heavy atom. The highest BCUT2D eigenvalue weighted by Gasteiger charge is 2.11. The van der Waals surface area contributed by atoms with E-state index in [4.69, 9.17) is 4.74 Å². The van der Waals surface area contributed by atoms with Crippen LogP contribution in [0.25, 0.3) is 10.2 Å². The number of anilines is 1. The summed E-state index contributed by atoms with van der Waals surface area (Å²) in [6.07, 6.45) is 0. The number of carbonyl (C=O) groups is 1. The minimum Gasteiger partial charge on any atom is -0.492 e. The van der Waals surface area contributed by atoms with Crippen LogP contribution in [0.15, 0.2) is 46.9 Å². The van der Waals surface area contributed by atoms with Gasteiger partial charge in [0.1, 0.15) is 11.3 Å². The van der Waals surface area contributed by atoms with Crippen LogP contribution in [0.2, 0.25) is 0 Å². The van der Waals surface area contributed by atoms with Crippen molar-refractivity contribution in [3.63, 3.8) is 0 Å². The lowest BCUT2D eigenvalue weighted by Gasteiger charge is -2.03. The average Bonchev–Trinajstić information content (AvgIpc) is 2.97. The van der Waals surface area contributed by atoms with Crippen molar-refractivity contribution < 1.29 is 9.53 Å². The molecule has 0 unspecified atom stereocenters. The molecule has 3 rings (SSSR count). The maximum atomic E-state index is 12.2. The van der Waals surface area contributed by atoms with Crippen LogP contribution in [0.4, 0.5) is 5.13 Å². The van der Waals surface area contributed by atoms with Gasteiger partial charge in [0.05, 0.1) is 17.9 Å². The topological polar surface area (TPSA) is 51.2 Å². The summed E-state index contributed by atoms with van der Waals surface area (Å²) >= 11 is 4.89. The van der Waals surface area contributed by atoms with Gasteiger partial charge in [0.15, 0.2) is 10.9 Å². The van der Waals surface area contributed by atoms with Crippen molar-refractivity contribution in [2.75, 3.05) is 18.5 Å². The van der Waals surface area contributed by atoms with E-state index in [9.17, 15) is 4.79 Å². The number of carbonyl (C=O) groups excluding carboxylic acids is 1. The van der Waals surface area contributed by atoms with Gasteiger partial charge < -0.3 is 10.1 Å². The molecule has 0 aliphatic heterocycles. The van der Waals surface area contributed by atoms with E-state index in [1.165, 1.54) is 11.3 Å². The van der Waals surface area contributed by atoms with Gasteiger partial charge in [0.25, 0.3) is 0 Å². The zero-order valence-corrected chi connectivity index (χ0v) is 17.0. The van der Waals surface area contributed by atoms with Crippen LogP contribution in [0.3, 0.4) is 0 Å². The van der Waals surface area contributed by atoms with Crippen LogP contribution >= 0.6 is 44.2 Å². The van der Waals surface area contributed by atoms with Gasteiger partial charge in [-0.25, -0.2) is 4.98 Å². The van der Waals surface area contributed by atoms with E-state index in [1.54, 1.807) is 6.07 Å². The second-order valence-electron chi connectivity index (χ2n) is 4.84. The summed E-state index contributed by atoms with van der Waals surface area (Å²) in [7, 11) is 0. The quantitative estimate of drug-likeness (QED) is 0.493. The van der Waals surface area contributed by atoms with Crippen LogP contribution < -0.4 is 10.1 Å². The summed E-state index contributed by atoms with van der Waals surface area (Å²) in [6, 6.07) is 13.2. The molecular formula is C17H16Br2N2O2S. The number of Topliss-reactive ketones (excluding diaryl/α,β-unsaturated/α-hetero) is 1. The van der Waals surface area contributed by atoms with Crippen LogP contribution in [-0.2, 0) is 0 Å². The van der Waals surface area contributed by atoms with E-state index in [0.717, 1.165) is 25.6 Å². The molecule has 0 aliphatic carbocycles. The van der Waals surface area contributed by atoms with Crippen LogP contribution in [-0.4, -0.2) is 23.9 Å². The third-order valence-electron chi connectivity index (χ3n) is 3.23.